The topological polar surface area (TPSA) is 59.0 Å². The Bertz CT molecular complexity index is 360. The number of nitrogen functional groups attached to an aromatic ring is 1. The zero-order chi connectivity index (χ0) is 11.1. The van der Waals surface area contributed by atoms with Gasteiger partial charge in [0.2, 0.25) is 0 Å². The first-order chi connectivity index (χ1) is 7.24. The zero-order valence-electron chi connectivity index (χ0n) is 8.37. The van der Waals surface area contributed by atoms with Gasteiger partial charge < -0.3 is 10.5 Å². The van der Waals surface area contributed by atoms with Gasteiger partial charge in [0.1, 0.15) is 5.75 Å². The fraction of sp³-hybridized carbons (Fsp3) is 0.364. The second kappa shape index (κ2) is 6.15. The van der Waals surface area contributed by atoms with Crippen LogP contribution in [0.2, 0.25) is 5.02 Å². The van der Waals surface area contributed by atoms with Crippen LogP contribution in [-0.4, -0.2) is 6.61 Å². The fourth-order valence-electron chi connectivity index (χ4n) is 1.12. The van der Waals surface area contributed by atoms with E-state index in [1.807, 2.05) is 0 Å². The van der Waals surface area contributed by atoms with Gasteiger partial charge in [-0.05, 0) is 31.0 Å². The van der Waals surface area contributed by atoms with E-state index in [9.17, 15) is 0 Å². The van der Waals surface area contributed by atoms with E-state index in [0.29, 0.717) is 29.5 Å². The highest BCUT2D eigenvalue weighted by Gasteiger charge is 2.00. The molecular weight excluding hydrogens is 212 g/mol. The molecule has 0 saturated heterocycles. The molecule has 0 atom stereocenters. The minimum Gasteiger partial charge on any atom is -0.492 e. The molecule has 0 aromatic heterocycles. The first-order valence-electron chi connectivity index (χ1n) is 4.79. The summed E-state index contributed by atoms with van der Waals surface area (Å²) in [6.07, 6.45) is 2.27. The number of nitrogens with two attached hydrogens (primary N) is 1. The van der Waals surface area contributed by atoms with Crippen molar-refractivity contribution < 1.29 is 4.74 Å². The third kappa shape index (κ3) is 4.09. The van der Waals surface area contributed by atoms with Crippen molar-refractivity contribution in [1.82, 2.24) is 0 Å². The second-order valence-corrected chi connectivity index (χ2v) is 3.56. The summed E-state index contributed by atoms with van der Waals surface area (Å²) in [5.74, 6) is 0.642. The lowest BCUT2D eigenvalue weighted by Gasteiger charge is -2.07. The van der Waals surface area contributed by atoms with Gasteiger partial charge in [-0.15, -0.1) is 0 Å². The quantitative estimate of drug-likeness (QED) is 0.618. The molecule has 0 fully saturated rings. The monoisotopic (exact) mass is 224 g/mol. The van der Waals surface area contributed by atoms with Crippen molar-refractivity contribution >= 4 is 17.3 Å². The predicted octanol–water partition coefficient (Wildman–Crippen LogP) is 2.99. The number of hydrogen-bond acceptors (Lipinski definition) is 3. The van der Waals surface area contributed by atoms with E-state index < -0.39 is 0 Å². The van der Waals surface area contributed by atoms with Gasteiger partial charge in [0.25, 0.3) is 0 Å². The van der Waals surface area contributed by atoms with E-state index in [1.54, 1.807) is 18.2 Å². The van der Waals surface area contributed by atoms with Crippen LogP contribution in [0.15, 0.2) is 18.2 Å². The van der Waals surface area contributed by atoms with Crippen molar-refractivity contribution in [3.05, 3.63) is 23.2 Å². The molecule has 0 radical (unpaired) electrons. The van der Waals surface area contributed by atoms with Gasteiger partial charge >= 0.3 is 0 Å². The van der Waals surface area contributed by atoms with Crippen molar-refractivity contribution in [2.24, 2.45) is 0 Å². The molecule has 0 amide bonds. The number of anilines is 1. The minimum absolute atomic E-state index is 0.523. The highest BCUT2D eigenvalue weighted by Crippen LogP contribution is 2.26. The summed E-state index contributed by atoms with van der Waals surface area (Å²) < 4.78 is 5.44. The molecule has 0 bridgehead atoms. The SMILES string of the molecule is N#CCCCCOc1ccc(N)cc1Cl. The summed E-state index contributed by atoms with van der Waals surface area (Å²) in [6, 6.07) is 7.24. The number of halogens is 1. The molecule has 0 heterocycles. The van der Waals surface area contributed by atoms with Crippen LogP contribution >= 0.6 is 11.6 Å². The smallest absolute Gasteiger partial charge is 0.138 e. The van der Waals surface area contributed by atoms with Crippen LogP contribution in [0.3, 0.4) is 0 Å². The molecule has 0 aliphatic heterocycles. The van der Waals surface area contributed by atoms with Gasteiger partial charge in [-0.3, -0.25) is 0 Å². The standard InChI is InChI=1S/C11H13ClN2O/c12-10-8-9(14)4-5-11(10)15-7-3-1-2-6-13/h4-5,8H,1-3,7,14H2. The molecule has 0 aliphatic rings. The van der Waals surface area contributed by atoms with Gasteiger partial charge in [-0.2, -0.15) is 5.26 Å². The maximum absolute atomic E-state index is 8.33. The first-order valence-corrected chi connectivity index (χ1v) is 5.16. The van der Waals surface area contributed by atoms with E-state index in [2.05, 4.69) is 6.07 Å². The molecule has 0 aliphatic carbocycles. The van der Waals surface area contributed by atoms with Crippen LogP contribution in [-0.2, 0) is 0 Å². The molecule has 80 valence electrons. The Morgan fingerprint density at radius 2 is 2.20 bits per heavy atom. The number of nitrogens with zero attached hydrogens (tertiary/aromatic N) is 1. The average molecular weight is 225 g/mol. The van der Waals surface area contributed by atoms with Crippen molar-refractivity contribution in [2.45, 2.75) is 19.3 Å². The van der Waals surface area contributed by atoms with Crippen LogP contribution < -0.4 is 10.5 Å². The normalized spacial score (nSPS) is 9.60. The minimum atomic E-state index is 0.523. The lowest BCUT2D eigenvalue weighted by molar-refractivity contribution is 0.308. The average Bonchev–Trinajstić information content (AvgIpc) is 2.20. The van der Waals surface area contributed by atoms with E-state index in [1.165, 1.54) is 0 Å². The molecule has 15 heavy (non-hydrogen) atoms. The van der Waals surface area contributed by atoms with E-state index in [0.717, 1.165) is 12.8 Å². The highest BCUT2D eigenvalue weighted by molar-refractivity contribution is 6.32. The second-order valence-electron chi connectivity index (χ2n) is 3.15. The van der Waals surface area contributed by atoms with Crippen molar-refractivity contribution in [3.63, 3.8) is 0 Å². The highest BCUT2D eigenvalue weighted by atomic mass is 35.5. The number of unbranched alkanes of at least 4 members (excludes halogenated alkanes) is 2. The van der Waals surface area contributed by atoms with Crippen LogP contribution in [0.25, 0.3) is 0 Å². The molecule has 4 heteroatoms. The summed E-state index contributed by atoms with van der Waals surface area (Å²) >= 11 is 5.91. The van der Waals surface area contributed by atoms with Gasteiger partial charge in [0, 0.05) is 12.1 Å². The molecule has 1 aromatic rings. The molecule has 1 rings (SSSR count). The van der Waals surface area contributed by atoms with Gasteiger partial charge in [0.15, 0.2) is 0 Å². The molecule has 1 aromatic carbocycles. The fourth-order valence-corrected chi connectivity index (χ4v) is 1.37. The molecule has 3 nitrogen and oxygen atoms in total. The Morgan fingerprint density at radius 3 is 2.87 bits per heavy atom. The number of nitriles is 1. The van der Waals surface area contributed by atoms with Crippen molar-refractivity contribution in [1.29, 1.82) is 5.26 Å². The Kier molecular flexibility index (Phi) is 4.79. The lowest BCUT2D eigenvalue weighted by Crippen LogP contribution is -1.98. The van der Waals surface area contributed by atoms with Gasteiger partial charge in [-0.25, -0.2) is 0 Å². The summed E-state index contributed by atoms with van der Waals surface area (Å²) in [4.78, 5) is 0. The van der Waals surface area contributed by atoms with Crippen LogP contribution in [0.5, 0.6) is 5.75 Å². The molecule has 0 unspecified atom stereocenters. The Hall–Kier alpha value is -1.40. The summed E-state index contributed by atoms with van der Waals surface area (Å²) in [5.41, 5.74) is 6.17. The number of ether oxygens (including phenoxy) is 1. The van der Waals surface area contributed by atoms with Crippen LogP contribution in [0.4, 0.5) is 5.69 Å². The number of hydrogen-bond donors (Lipinski definition) is 1. The summed E-state index contributed by atoms with van der Waals surface area (Å²) in [7, 11) is 0. The summed E-state index contributed by atoms with van der Waals surface area (Å²) in [5, 5.41) is 8.85. The largest absolute Gasteiger partial charge is 0.492 e. The van der Waals surface area contributed by atoms with Gasteiger partial charge in [0.05, 0.1) is 17.7 Å². The third-order valence-corrected chi connectivity index (χ3v) is 2.19. The van der Waals surface area contributed by atoms with E-state index in [4.69, 9.17) is 27.3 Å². The molecule has 0 saturated carbocycles. The summed E-state index contributed by atoms with van der Waals surface area (Å²) in [6.45, 7) is 0.575. The predicted molar refractivity (Wildman–Crippen MR) is 60.8 cm³/mol. The van der Waals surface area contributed by atoms with Crippen LogP contribution in [0.1, 0.15) is 19.3 Å². The number of rotatable bonds is 5. The number of benzene rings is 1. The molecular formula is C11H13ClN2O. The Balaban J connectivity index is 2.35. The third-order valence-electron chi connectivity index (χ3n) is 1.90. The van der Waals surface area contributed by atoms with E-state index in [-0.39, 0.29) is 0 Å². The lowest BCUT2D eigenvalue weighted by atomic mass is 10.2. The first kappa shape index (κ1) is 11.7. The van der Waals surface area contributed by atoms with Crippen molar-refractivity contribution in [3.8, 4) is 11.8 Å². The maximum atomic E-state index is 8.33. The molecule has 2 N–H and O–H groups in total. The maximum Gasteiger partial charge on any atom is 0.138 e. The van der Waals surface area contributed by atoms with Crippen molar-refractivity contribution in [2.75, 3.05) is 12.3 Å². The van der Waals surface area contributed by atoms with Gasteiger partial charge in [-0.1, -0.05) is 11.6 Å². The van der Waals surface area contributed by atoms with E-state index >= 15 is 0 Å². The Labute approximate surface area is 94.4 Å². The zero-order valence-corrected chi connectivity index (χ0v) is 9.13. The molecule has 0 spiro atoms. The Morgan fingerprint density at radius 1 is 1.40 bits per heavy atom. The van der Waals surface area contributed by atoms with Crippen LogP contribution in [0, 0.1) is 11.3 Å².